The molecule has 1 heterocycles. The lowest BCUT2D eigenvalue weighted by atomic mass is 9.99. The van der Waals surface area contributed by atoms with Gasteiger partial charge in [-0.3, -0.25) is 4.79 Å². The third-order valence-electron chi connectivity index (χ3n) is 13.7. The Labute approximate surface area is 412 Å². The van der Waals surface area contributed by atoms with Crippen LogP contribution < -0.4 is 5.32 Å². The first-order valence-electron chi connectivity index (χ1n) is 28.7. The van der Waals surface area contributed by atoms with E-state index in [-0.39, 0.29) is 12.5 Å². The van der Waals surface area contributed by atoms with Crippen LogP contribution in [0.15, 0.2) is 36.5 Å². The van der Waals surface area contributed by atoms with Crippen molar-refractivity contribution in [3.05, 3.63) is 36.5 Å². The molecule has 394 valence electrons. The highest BCUT2D eigenvalue weighted by atomic mass is 16.7. The summed E-state index contributed by atoms with van der Waals surface area (Å²) in [5, 5.41) is 54.5. The van der Waals surface area contributed by atoms with Gasteiger partial charge in [-0.1, -0.05) is 249 Å². The zero-order valence-electron chi connectivity index (χ0n) is 43.7. The summed E-state index contributed by atoms with van der Waals surface area (Å²) in [4.78, 5) is 13.0. The van der Waals surface area contributed by atoms with Gasteiger partial charge in [-0.25, -0.2) is 0 Å². The van der Waals surface area contributed by atoms with Crippen LogP contribution >= 0.6 is 0 Å². The lowest BCUT2D eigenvalue weighted by molar-refractivity contribution is -0.302. The highest BCUT2D eigenvalue weighted by Crippen LogP contribution is 2.23. The molecule has 0 aromatic rings. The van der Waals surface area contributed by atoms with Crippen molar-refractivity contribution in [2.24, 2.45) is 0 Å². The second-order valence-corrected chi connectivity index (χ2v) is 20.1. The molecule has 1 fully saturated rings. The molecule has 0 saturated carbocycles. The van der Waals surface area contributed by atoms with Crippen molar-refractivity contribution in [1.82, 2.24) is 5.32 Å². The second-order valence-electron chi connectivity index (χ2n) is 20.1. The minimum Gasteiger partial charge on any atom is -0.394 e. The van der Waals surface area contributed by atoms with E-state index in [9.17, 15) is 30.3 Å². The third kappa shape index (κ3) is 37.9. The van der Waals surface area contributed by atoms with Gasteiger partial charge >= 0.3 is 0 Å². The molecule has 9 nitrogen and oxygen atoms in total. The van der Waals surface area contributed by atoms with Crippen LogP contribution in [0, 0.1) is 0 Å². The van der Waals surface area contributed by atoms with Gasteiger partial charge in [0.15, 0.2) is 6.29 Å². The lowest BCUT2D eigenvalue weighted by Gasteiger charge is -2.40. The Kier molecular flexibility index (Phi) is 45.5. The maximum atomic E-state index is 13.0. The highest BCUT2D eigenvalue weighted by molar-refractivity contribution is 5.76. The van der Waals surface area contributed by atoms with Crippen LogP contribution in [0.2, 0.25) is 0 Å². The van der Waals surface area contributed by atoms with Crippen molar-refractivity contribution in [3.8, 4) is 0 Å². The van der Waals surface area contributed by atoms with Crippen molar-refractivity contribution >= 4 is 5.91 Å². The third-order valence-corrected chi connectivity index (χ3v) is 13.7. The molecule has 67 heavy (non-hydrogen) atoms. The zero-order valence-corrected chi connectivity index (χ0v) is 43.7. The molecule has 0 aromatic carbocycles. The molecule has 1 saturated heterocycles. The van der Waals surface area contributed by atoms with Gasteiger partial charge in [0, 0.05) is 6.42 Å². The molecule has 1 amide bonds. The predicted octanol–water partition coefficient (Wildman–Crippen LogP) is 14.0. The van der Waals surface area contributed by atoms with Gasteiger partial charge in [-0.2, -0.15) is 0 Å². The van der Waals surface area contributed by atoms with Crippen molar-refractivity contribution < 1.29 is 39.8 Å². The Morgan fingerprint density at radius 3 is 1.30 bits per heavy atom. The smallest absolute Gasteiger partial charge is 0.220 e. The maximum absolute atomic E-state index is 13.0. The SMILES string of the molecule is CCCCCC/C=C\C/C=C\CCCCCCCC(=O)NC(COC1OC(CO)C(O)C(O)C1O)C(O)/C=C/CCCCCCCCCCCCCCCCCCCCCCCCCCCC. The van der Waals surface area contributed by atoms with Gasteiger partial charge in [0.25, 0.3) is 0 Å². The molecular weight excluding hydrogens is 839 g/mol. The van der Waals surface area contributed by atoms with Gasteiger partial charge in [0.1, 0.15) is 24.4 Å². The van der Waals surface area contributed by atoms with Crippen LogP contribution in [0.4, 0.5) is 0 Å². The van der Waals surface area contributed by atoms with E-state index in [1.807, 2.05) is 6.08 Å². The minimum absolute atomic E-state index is 0.188. The number of aliphatic hydroxyl groups is 5. The van der Waals surface area contributed by atoms with Gasteiger partial charge in [-0.15, -0.1) is 0 Å². The second kappa shape index (κ2) is 48.1. The van der Waals surface area contributed by atoms with E-state index in [0.717, 1.165) is 64.2 Å². The Morgan fingerprint density at radius 2 is 0.881 bits per heavy atom. The lowest BCUT2D eigenvalue weighted by Crippen LogP contribution is -2.60. The molecule has 6 N–H and O–H groups in total. The zero-order chi connectivity index (χ0) is 48.7. The quantitative estimate of drug-likeness (QED) is 0.0261. The monoisotopic (exact) mass is 948 g/mol. The predicted molar refractivity (Wildman–Crippen MR) is 281 cm³/mol. The number of ether oxygens (including phenoxy) is 2. The molecule has 1 aliphatic rings. The Balaban J connectivity index is 2.21. The number of carbonyl (C=O) groups is 1. The number of hydrogen-bond donors (Lipinski definition) is 6. The number of hydrogen-bond acceptors (Lipinski definition) is 8. The molecular formula is C58H109NO8. The molecule has 1 aliphatic heterocycles. The van der Waals surface area contributed by atoms with E-state index in [2.05, 4.69) is 43.5 Å². The van der Waals surface area contributed by atoms with E-state index in [0.29, 0.717) is 6.42 Å². The number of unbranched alkanes of at least 4 members (excludes halogenated alkanes) is 35. The van der Waals surface area contributed by atoms with E-state index in [1.165, 1.54) is 186 Å². The molecule has 0 spiro atoms. The van der Waals surface area contributed by atoms with Gasteiger partial charge in [0.05, 0.1) is 25.4 Å². The Morgan fingerprint density at radius 1 is 0.507 bits per heavy atom. The summed E-state index contributed by atoms with van der Waals surface area (Å²) in [5.41, 5.74) is 0. The number of aliphatic hydroxyl groups excluding tert-OH is 5. The van der Waals surface area contributed by atoms with Gasteiger partial charge < -0.3 is 40.3 Å². The fourth-order valence-electron chi connectivity index (χ4n) is 9.13. The fraction of sp³-hybridized carbons (Fsp3) is 0.879. The standard InChI is InChI=1S/C58H109NO8/c1-3-5-7-9-11-13-15-17-19-21-22-23-24-25-26-27-28-29-30-31-32-33-35-37-39-41-43-45-47-52(61)51(50-66-58-57(65)56(64)55(63)53(49-60)67-58)59-54(62)48-46-44-42-40-38-36-34-20-18-16-14-12-10-8-6-4-2/h14,16,20,34,45,47,51-53,55-58,60-61,63-65H,3-13,15,17-19,21-33,35-44,46,48-50H2,1-2H3,(H,59,62)/b16-14-,34-20-,47-45+. The van der Waals surface area contributed by atoms with Crippen LogP contribution in [0.1, 0.15) is 271 Å². The molecule has 1 rings (SSSR count). The number of carbonyl (C=O) groups excluding carboxylic acids is 1. The van der Waals surface area contributed by atoms with Crippen LogP contribution in [-0.2, 0) is 14.3 Å². The summed E-state index contributed by atoms with van der Waals surface area (Å²) in [6.45, 7) is 3.77. The maximum Gasteiger partial charge on any atom is 0.220 e. The molecule has 0 bridgehead atoms. The summed E-state index contributed by atoms with van der Waals surface area (Å²) >= 11 is 0. The number of rotatable bonds is 49. The molecule has 0 aliphatic carbocycles. The number of amides is 1. The van der Waals surface area contributed by atoms with E-state index in [4.69, 9.17) is 9.47 Å². The molecule has 7 unspecified atom stereocenters. The Hall–Kier alpha value is -1.59. The average molecular weight is 949 g/mol. The largest absolute Gasteiger partial charge is 0.394 e. The van der Waals surface area contributed by atoms with E-state index >= 15 is 0 Å². The van der Waals surface area contributed by atoms with Gasteiger partial charge in [0.2, 0.25) is 5.91 Å². The first-order chi connectivity index (χ1) is 32.8. The van der Waals surface area contributed by atoms with Crippen LogP contribution in [0.3, 0.4) is 0 Å². The summed E-state index contributed by atoms with van der Waals surface area (Å²) < 4.78 is 11.3. The van der Waals surface area contributed by atoms with E-state index < -0.39 is 49.5 Å². The molecule has 7 atom stereocenters. The van der Waals surface area contributed by atoms with Gasteiger partial charge in [-0.05, 0) is 51.4 Å². The average Bonchev–Trinajstić information content (AvgIpc) is 3.33. The van der Waals surface area contributed by atoms with Crippen LogP contribution in [0.5, 0.6) is 0 Å². The normalized spacial score (nSPS) is 19.9. The highest BCUT2D eigenvalue weighted by Gasteiger charge is 2.44. The van der Waals surface area contributed by atoms with Crippen molar-refractivity contribution in [2.45, 2.75) is 314 Å². The first kappa shape index (κ1) is 63.4. The molecule has 9 heteroatoms. The van der Waals surface area contributed by atoms with Crippen LogP contribution in [-0.4, -0.2) is 87.5 Å². The van der Waals surface area contributed by atoms with Crippen LogP contribution in [0.25, 0.3) is 0 Å². The minimum atomic E-state index is -1.57. The van der Waals surface area contributed by atoms with Crippen molar-refractivity contribution in [2.75, 3.05) is 13.2 Å². The summed E-state index contributed by atoms with van der Waals surface area (Å²) in [6, 6.07) is -0.812. The number of allylic oxidation sites excluding steroid dienone is 5. The van der Waals surface area contributed by atoms with Crippen molar-refractivity contribution in [1.29, 1.82) is 0 Å². The number of nitrogens with one attached hydrogen (secondary N) is 1. The van der Waals surface area contributed by atoms with Crippen molar-refractivity contribution in [3.63, 3.8) is 0 Å². The molecule has 0 aromatic heterocycles. The topological polar surface area (TPSA) is 149 Å². The summed E-state index contributed by atoms with van der Waals surface area (Å²) in [7, 11) is 0. The fourth-order valence-corrected chi connectivity index (χ4v) is 9.13. The Bertz CT molecular complexity index is 1150. The molecule has 0 radical (unpaired) electrons. The summed E-state index contributed by atoms with van der Waals surface area (Å²) in [6.07, 6.45) is 55.0. The first-order valence-corrected chi connectivity index (χ1v) is 28.7. The van der Waals surface area contributed by atoms with E-state index in [1.54, 1.807) is 6.08 Å². The summed E-state index contributed by atoms with van der Waals surface area (Å²) in [5.74, 6) is -0.188.